The van der Waals surface area contributed by atoms with Crippen LogP contribution >= 0.6 is 0 Å². The van der Waals surface area contributed by atoms with Crippen molar-refractivity contribution >= 4 is 10.0 Å². The van der Waals surface area contributed by atoms with Crippen molar-refractivity contribution in [2.75, 3.05) is 26.2 Å². The summed E-state index contributed by atoms with van der Waals surface area (Å²) in [6.07, 6.45) is 1.42. The fourth-order valence-electron chi connectivity index (χ4n) is 1.77. The van der Waals surface area contributed by atoms with Gasteiger partial charge in [0.25, 0.3) is 10.0 Å². The number of sulfonamides is 1. The molecule has 2 heterocycles. The van der Waals surface area contributed by atoms with Gasteiger partial charge in [0.2, 0.25) is 0 Å². The minimum Gasteiger partial charge on any atom is -0.329 e. The molecule has 7 nitrogen and oxygen atoms in total. The van der Waals surface area contributed by atoms with E-state index < -0.39 is 10.0 Å². The van der Waals surface area contributed by atoms with E-state index in [1.54, 1.807) is 0 Å². The molecule has 1 aromatic rings. The number of H-pyrrole nitrogens is 1. The summed E-state index contributed by atoms with van der Waals surface area (Å²) in [6, 6.07) is 1.26. The van der Waals surface area contributed by atoms with E-state index in [1.165, 1.54) is 16.6 Å². The molecular formula is C8H15N5O2S. The Morgan fingerprint density at radius 1 is 1.62 bits per heavy atom. The number of nitrogens with two attached hydrogens (primary N) is 1. The second-order valence-corrected chi connectivity index (χ2v) is 5.49. The van der Waals surface area contributed by atoms with Gasteiger partial charge in [-0.2, -0.15) is 9.40 Å². The van der Waals surface area contributed by atoms with Gasteiger partial charge in [-0.25, -0.2) is 8.42 Å². The highest BCUT2D eigenvalue weighted by molar-refractivity contribution is 7.89. The number of hydrogen-bond donors (Lipinski definition) is 3. The van der Waals surface area contributed by atoms with Crippen molar-refractivity contribution in [1.82, 2.24) is 19.8 Å². The first-order valence-corrected chi connectivity index (χ1v) is 6.52. The zero-order chi connectivity index (χ0) is 11.6. The second-order valence-electron chi connectivity index (χ2n) is 3.63. The van der Waals surface area contributed by atoms with Crippen molar-refractivity contribution in [3.05, 3.63) is 12.3 Å². The van der Waals surface area contributed by atoms with E-state index in [1.807, 2.05) is 0 Å². The largest absolute Gasteiger partial charge is 0.329 e. The average molecular weight is 245 g/mol. The van der Waals surface area contributed by atoms with Gasteiger partial charge in [0.1, 0.15) is 0 Å². The molecular weight excluding hydrogens is 230 g/mol. The lowest BCUT2D eigenvalue weighted by Crippen LogP contribution is -2.56. The standard InChI is InChI=1S/C8H15N5O2S/c9-5-7-6-10-3-4-13(7)16(14,15)8-1-2-11-12-8/h1-2,7,10H,3-6,9H2,(H,11,12). The summed E-state index contributed by atoms with van der Waals surface area (Å²) < 4.78 is 25.8. The number of rotatable bonds is 3. The zero-order valence-electron chi connectivity index (χ0n) is 8.76. The topological polar surface area (TPSA) is 104 Å². The van der Waals surface area contributed by atoms with Crippen LogP contribution in [0.15, 0.2) is 17.3 Å². The third-order valence-corrected chi connectivity index (χ3v) is 4.51. The van der Waals surface area contributed by atoms with Crippen molar-refractivity contribution in [3.63, 3.8) is 0 Å². The third kappa shape index (κ3) is 1.96. The maximum Gasteiger partial charge on any atom is 0.260 e. The fourth-order valence-corrected chi connectivity index (χ4v) is 3.31. The van der Waals surface area contributed by atoms with Crippen molar-refractivity contribution in [1.29, 1.82) is 0 Å². The molecule has 1 aliphatic heterocycles. The molecule has 0 amide bonds. The van der Waals surface area contributed by atoms with Crippen LogP contribution in [-0.2, 0) is 10.0 Å². The van der Waals surface area contributed by atoms with Gasteiger partial charge in [-0.15, -0.1) is 0 Å². The first kappa shape index (κ1) is 11.5. The molecule has 1 aliphatic rings. The molecule has 1 atom stereocenters. The molecule has 16 heavy (non-hydrogen) atoms. The van der Waals surface area contributed by atoms with E-state index in [-0.39, 0.29) is 11.1 Å². The lowest BCUT2D eigenvalue weighted by Gasteiger charge is -2.33. The van der Waals surface area contributed by atoms with Crippen LogP contribution < -0.4 is 11.1 Å². The van der Waals surface area contributed by atoms with Gasteiger partial charge in [-0.1, -0.05) is 0 Å². The highest BCUT2D eigenvalue weighted by Gasteiger charge is 2.33. The van der Waals surface area contributed by atoms with E-state index in [2.05, 4.69) is 15.5 Å². The van der Waals surface area contributed by atoms with Crippen LogP contribution in [0.4, 0.5) is 0 Å². The fraction of sp³-hybridized carbons (Fsp3) is 0.625. The van der Waals surface area contributed by atoms with Crippen molar-refractivity contribution in [2.45, 2.75) is 11.1 Å². The van der Waals surface area contributed by atoms with Gasteiger partial charge >= 0.3 is 0 Å². The minimum absolute atomic E-state index is 0.118. The van der Waals surface area contributed by atoms with Crippen LogP contribution in [-0.4, -0.2) is 55.1 Å². The highest BCUT2D eigenvalue weighted by atomic mass is 32.2. The Kier molecular flexibility index (Phi) is 3.24. The molecule has 1 fully saturated rings. The second kappa shape index (κ2) is 4.50. The summed E-state index contributed by atoms with van der Waals surface area (Å²) in [5, 5.41) is 9.37. The van der Waals surface area contributed by atoms with E-state index >= 15 is 0 Å². The molecule has 0 saturated carbocycles. The molecule has 2 rings (SSSR count). The van der Waals surface area contributed by atoms with Crippen molar-refractivity contribution < 1.29 is 8.42 Å². The van der Waals surface area contributed by atoms with Crippen LogP contribution in [0, 0.1) is 0 Å². The number of nitrogens with one attached hydrogen (secondary N) is 2. The Morgan fingerprint density at radius 3 is 3.06 bits per heavy atom. The summed E-state index contributed by atoms with van der Waals surface area (Å²) in [6.45, 7) is 1.97. The Bertz CT molecular complexity index is 429. The van der Waals surface area contributed by atoms with Gasteiger partial charge in [0, 0.05) is 32.2 Å². The summed E-state index contributed by atoms with van der Waals surface area (Å²) in [5.41, 5.74) is 5.57. The van der Waals surface area contributed by atoms with Crippen molar-refractivity contribution in [3.8, 4) is 0 Å². The Balaban J connectivity index is 2.28. The number of hydrogen-bond acceptors (Lipinski definition) is 5. The molecule has 1 saturated heterocycles. The maximum atomic E-state index is 12.2. The van der Waals surface area contributed by atoms with Gasteiger partial charge in [-0.05, 0) is 6.07 Å². The van der Waals surface area contributed by atoms with E-state index in [0.717, 1.165) is 0 Å². The quantitative estimate of drug-likeness (QED) is 0.591. The minimum atomic E-state index is -3.48. The molecule has 0 bridgehead atoms. The number of aromatic amines is 1. The number of nitrogens with zero attached hydrogens (tertiary/aromatic N) is 2. The predicted octanol–water partition coefficient (Wildman–Crippen LogP) is -1.67. The molecule has 8 heteroatoms. The Morgan fingerprint density at radius 2 is 2.44 bits per heavy atom. The molecule has 4 N–H and O–H groups in total. The maximum absolute atomic E-state index is 12.2. The molecule has 1 aromatic heterocycles. The Hall–Kier alpha value is -0.960. The zero-order valence-corrected chi connectivity index (χ0v) is 9.57. The number of piperazine rings is 1. The predicted molar refractivity (Wildman–Crippen MR) is 58.2 cm³/mol. The smallest absolute Gasteiger partial charge is 0.260 e. The first-order chi connectivity index (χ1) is 7.66. The van der Waals surface area contributed by atoms with Crippen LogP contribution in [0.2, 0.25) is 0 Å². The first-order valence-electron chi connectivity index (χ1n) is 5.08. The van der Waals surface area contributed by atoms with E-state index in [4.69, 9.17) is 5.73 Å². The van der Waals surface area contributed by atoms with Crippen molar-refractivity contribution in [2.24, 2.45) is 5.73 Å². The molecule has 0 spiro atoms. The summed E-state index contributed by atoms with van der Waals surface area (Å²) >= 11 is 0. The van der Waals surface area contributed by atoms with Gasteiger partial charge < -0.3 is 11.1 Å². The summed E-state index contributed by atoms with van der Waals surface area (Å²) in [5.74, 6) is 0. The van der Waals surface area contributed by atoms with Crippen LogP contribution in [0.1, 0.15) is 0 Å². The molecule has 90 valence electrons. The lowest BCUT2D eigenvalue weighted by atomic mass is 10.2. The average Bonchev–Trinajstić information content (AvgIpc) is 2.83. The summed E-state index contributed by atoms with van der Waals surface area (Å²) in [4.78, 5) is 0. The highest BCUT2D eigenvalue weighted by Crippen LogP contribution is 2.16. The number of aromatic nitrogens is 2. The van der Waals surface area contributed by atoms with Crippen LogP contribution in [0.25, 0.3) is 0 Å². The van der Waals surface area contributed by atoms with Crippen LogP contribution in [0.5, 0.6) is 0 Å². The van der Waals surface area contributed by atoms with E-state index in [9.17, 15) is 8.42 Å². The third-order valence-electron chi connectivity index (χ3n) is 2.63. The molecule has 0 aromatic carbocycles. The van der Waals surface area contributed by atoms with Gasteiger partial charge in [0.05, 0.1) is 6.20 Å². The monoisotopic (exact) mass is 245 g/mol. The molecule has 1 unspecified atom stereocenters. The normalized spacial score (nSPS) is 23.4. The lowest BCUT2D eigenvalue weighted by molar-refractivity contribution is 0.272. The Labute approximate surface area is 94.1 Å². The molecule has 0 radical (unpaired) electrons. The molecule has 0 aliphatic carbocycles. The SMILES string of the molecule is NCC1CNCCN1S(=O)(=O)c1ccn[nH]1. The van der Waals surface area contributed by atoms with Gasteiger partial charge in [0.15, 0.2) is 5.03 Å². The summed E-state index contributed by atoms with van der Waals surface area (Å²) in [7, 11) is -3.48. The van der Waals surface area contributed by atoms with E-state index in [0.29, 0.717) is 26.2 Å². The van der Waals surface area contributed by atoms with Crippen LogP contribution in [0.3, 0.4) is 0 Å². The van der Waals surface area contributed by atoms with Gasteiger partial charge in [-0.3, -0.25) is 5.10 Å².